The number of anilines is 2. The molecule has 3 unspecified atom stereocenters. The van der Waals surface area contributed by atoms with Crippen LogP contribution in [-0.4, -0.2) is 158 Å². The molecule has 21 heteroatoms. The second-order valence-corrected chi connectivity index (χ2v) is 19.1. The van der Waals surface area contributed by atoms with Crippen LogP contribution in [0.4, 0.5) is 15.8 Å². The largest absolute Gasteiger partial charge is 0.491 e. The van der Waals surface area contributed by atoms with E-state index < -0.39 is 60.1 Å². The maximum Gasteiger partial charge on any atom is 0.305 e. The zero-order valence-electron chi connectivity index (χ0n) is 44.3. The normalized spacial score (nSPS) is 15.1. The number of carbonyl (C=O) groups excluding carboxylic acids is 5. The Hall–Kier alpha value is -7.37. The molecule has 6 N–H and O–H groups in total. The molecule has 79 heavy (non-hydrogen) atoms. The summed E-state index contributed by atoms with van der Waals surface area (Å²) in [6.45, 7) is 8.27. The molecule has 0 aliphatic carbocycles. The predicted octanol–water partition coefficient (Wildman–Crippen LogP) is 6.29. The molecule has 5 amide bonds. The molecule has 5 aromatic rings. The van der Waals surface area contributed by atoms with Crippen LogP contribution in [0.25, 0.3) is 22.4 Å². The molecule has 2 aliphatic heterocycles. The number of aliphatic hydroxyl groups is 2. The van der Waals surface area contributed by atoms with Gasteiger partial charge in [0, 0.05) is 42.1 Å². The minimum atomic E-state index is -1.23. The highest BCUT2D eigenvalue weighted by molar-refractivity contribution is 6.25. The lowest BCUT2D eigenvalue weighted by Crippen LogP contribution is -2.54. The molecular formula is C58H68FN5O15. The Morgan fingerprint density at radius 2 is 1.33 bits per heavy atom. The van der Waals surface area contributed by atoms with Gasteiger partial charge in [-0.1, -0.05) is 50.2 Å². The molecule has 4 aromatic carbocycles. The SMILES string of the molecule is CC(C)c1c(C(=O)Nc2ccc(OCCOCCOCCOCCOCCOCCNc3cccc4c3C(=O)N(C3CCC(=O)NC3=O)C4=O)cc2)c(-c2ccccc2)c(-c2ccc(F)cc2)n1CCC(O)CC(O)CC(=O)O. The minimum absolute atomic E-state index is 0.0452. The summed E-state index contributed by atoms with van der Waals surface area (Å²) in [6.07, 6.45) is -2.65. The summed E-state index contributed by atoms with van der Waals surface area (Å²) in [5.41, 5.74) is 5.11. The van der Waals surface area contributed by atoms with Crippen molar-refractivity contribution in [1.82, 2.24) is 14.8 Å². The Kier molecular flexibility index (Phi) is 22.2. The van der Waals surface area contributed by atoms with E-state index in [1.165, 1.54) is 18.2 Å². The summed E-state index contributed by atoms with van der Waals surface area (Å²) in [5, 5.41) is 38.7. The highest BCUT2D eigenvalue weighted by atomic mass is 19.1. The number of piperidine rings is 1. The fourth-order valence-electron chi connectivity index (χ4n) is 9.44. The molecule has 3 heterocycles. The number of carbonyl (C=O) groups is 6. The predicted molar refractivity (Wildman–Crippen MR) is 288 cm³/mol. The Morgan fingerprint density at radius 3 is 1.94 bits per heavy atom. The average molecular weight is 1090 g/mol. The highest BCUT2D eigenvalue weighted by Gasteiger charge is 2.45. The number of amides is 5. The van der Waals surface area contributed by atoms with Gasteiger partial charge < -0.3 is 58.9 Å². The summed E-state index contributed by atoms with van der Waals surface area (Å²) < 4.78 is 50.1. The first-order valence-corrected chi connectivity index (χ1v) is 26.4. The molecule has 0 bridgehead atoms. The van der Waals surface area contributed by atoms with Crippen molar-refractivity contribution in [3.8, 4) is 28.1 Å². The molecule has 422 valence electrons. The molecule has 1 aromatic heterocycles. The average Bonchev–Trinajstić information content (AvgIpc) is 4.17. The van der Waals surface area contributed by atoms with E-state index in [2.05, 4.69) is 16.0 Å². The lowest BCUT2D eigenvalue weighted by Gasteiger charge is -2.27. The Bertz CT molecular complexity index is 2860. The number of hydrogen-bond donors (Lipinski definition) is 6. The Morgan fingerprint density at radius 1 is 0.709 bits per heavy atom. The number of carboxylic acid groups (broad SMARTS) is 1. The number of hydrogen-bond acceptors (Lipinski definition) is 15. The van der Waals surface area contributed by atoms with Gasteiger partial charge in [-0.25, -0.2) is 4.39 Å². The van der Waals surface area contributed by atoms with Crippen molar-refractivity contribution in [2.75, 3.05) is 89.9 Å². The third kappa shape index (κ3) is 16.4. The van der Waals surface area contributed by atoms with Crippen molar-refractivity contribution in [2.45, 2.75) is 76.7 Å². The van der Waals surface area contributed by atoms with Gasteiger partial charge in [-0.05, 0) is 97.0 Å². The number of carboxylic acids is 1. The first-order chi connectivity index (χ1) is 38.2. The van der Waals surface area contributed by atoms with Gasteiger partial charge in [0.2, 0.25) is 11.8 Å². The monoisotopic (exact) mass is 1090 g/mol. The van der Waals surface area contributed by atoms with Gasteiger partial charge in [0.25, 0.3) is 17.7 Å². The number of nitrogens with one attached hydrogen (secondary N) is 3. The molecule has 0 spiro atoms. The van der Waals surface area contributed by atoms with Gasteiger partial charge in [-0.3, -0.25) is 39.0 Å². The molecule has 7 rings (SSSR count). The second kappa shape index (κ2) is 29.6. The Labute approximate surface area is 457 Å². The number of ether oxygens (including phenoxy) is 6. The molecule has 2 aliphatic rings. The van der Waals surface area contributed by atoms with Crippen molar-refractivity contribution in [1.29, 1.82) is 0 Å². The first-order valence-electron chi connectivity index (χ1n) is 26.4. The van der Waals surface area contributed by atoms with Crippen LogP contribution < -0.4 is 20.7 Å². The van der Waals surface area contributed by atoms with Gasteiger partial charge in [0.1, 0.15) is 24.2 Å². The number of aromatic nitrogens is 1. The van der Waals surface area contributed by atoms with Crippen molar-refractivity contribution in [3.05, 3.63) is 125 Å². The van der Waals surface area contributed by atoms with Gasteiger partial charge >= 0.3 is 5.97 Å². The molecule has 1 fully saturated rings. The lowest BCUT2D eigenvalue weighted by atomic mass is 9.94. The number of nitrogens with zero attached hydrogens (tertiary/aromatic N) is 2. The Balaban J connectivity index is 0.772. The van der Waals surface area contributed by atoms with E-state index in [9.17, 15) is 43.4 Å². The number of halogens is 1. The van der Waals surface area contributed by atoms with Crippen LogP contribution in [0.2, 0.25) is 0 Å². The maximum absolute atomic E-state index is 14.6. The lowest BCUT2D eigenvalue weighted by molar-refractivity contribution is -0.140. The van der Waals surface area contributed by atoms with Gasteiger partial charge in [-0.15, -0.1) is 0 Å². The van der Waals surface area contributed by atoms with E-state index in [0.717, 1.165) is 10.5 Å². The summed E-state index contributed by atoms with van der Waals surface area (Å²) in [4.78, 5) is 76.9. The van der Waals surface area contributed by atoms with E-state index in [1.807, 2.05) is 48.7 Å². The molecule has 20 nitrogen and oxygen atoms in total. The minimum Gasteiger partial charge on any atom is -0.491 e. The summed E-state index contributed by atoms with van der Waals surface area (Å²) in [5.74, 6) is -3.86. The number of aliphatic carboxylic acids is 1. The van der Waals surface area contributed by atoms with Crippen LogP contribution in [0.5, 0.6) is 5.75 Å². The number of aliphatic hydroxyl groups excluding tert-OH is 2. The van der Waals surface area contributed by atoms with Crippen LogP contribution in [0.1, 0.15) is 88.6 Å². The maximum atomic E-state index is 14.6. The van der Waals surface area contributed by atoms with E-state index in [0.29, 0.717) is 118 Å². The van der Waals surface area contributed by atoms with E-state index in [-0.39, 0.29) is 61.8 Å². The molecule has 3 atom stereocenters. The summed E-state index contributed by atoms with van der Waals surface area (Å²) in [6, 6.07) is 26.2. The zero-order valence-corrected chi connectivity index (χ0v) is 44.3. The van der Waals surface area contributed by atoms with Crippen LogP contribution in [0.15, 0.2) is 97.1 Å². The molecule has 1 saturated heterocycles. The third-order valence-corrected chi connectivity index (χ3v) is 13.0. The standard InChI is InChI=1S/C58H68FN5O15/c1-37(2)53-52(50(38-7-4-3-5-8-38)54(39-11-13-40(59)14-12-39)63(53)23-21-42(65)35-43(66)36-49(68)69)56(71)61-41-15-17-44(18-16-41)79-34-33-78-32-31-77-30-29-76-28-27-75-26-25-74-24-22-60-46-10-6-9-45-51(46)58(73)64(57(45)72)47-19-20-48(67)62-55(47)70/h3-18,37,42-43,47,60,65-66H,19-36H2,1-2H3,(H,61,71)(H,68,69)(H,62,67,70). The zero-order chi connectivity index (χ0) is 56.3. The van der Waals surface area contributed by atoms with E-state index >= 15 is 0 Å². The van der Waals surface area contributed by atoms with Gasteiger partial charge in [-0.2, -0.15) is 0 Å². The van der Waals surface area contributed by atoms with Gasteiger partial charge in [0.15, 0.2) is 0 Å². The topological polar surface area (TPSA) is 263 Å². The smallest absolute Gasteiger partial charge is 0.305 e. The fraction of sp³-hybridized carbons (Fsp3) is 0.414. The third-order valence-electron chi connectivity index (χ3n) is 13.0. The summed E-state index contributed by atoms with van der Waals surface area (Å²) in [7, 11) is 0. The van der Waals surface area contributed by atoms with Crippen molar-refractivity contribution in [3.63, 3.8) is 0 Å². The van der Waals surface area contributed by atoms with Crippen molar-refractivity contribution >= 4 is 46.9 Å². The fourth-order valence-corrected chi connectivity index (χ4v) is 9.44. The van der Waals surface area contributed by atoms with Crippen molar-refractivity contribution < 1.29 is 76.9 Å². The van der Waals surface area contributed by atoms with Gasteiger partial charge in [0.05, 0.1) is 107 Å². The van der Waals surface area contributed by atoms with Crippen LogP contribution in [0.3, 0.4) is 0 Å². The van der Waals surface area contributed by atoms with Crippen LogP contribution >= 0.6 is 0 Å². The number of rotatable bonds is 33. The number of fused-ring (bicyclic) bond motifs is 1. The first kappa shape index (κ1) is 59.3. The quantitative estimate of drug-likeness (QED) is 0.0199. The number of imide groups is 2. The van der Waals surface area contributed by atoms with Crippen LogP contribution in [0, 0.1) is 5.82 Å². The summed E-state index contributed by atoms with van der Waals surface area (Å²) >= 11 is 0. The van der Waals surface area contributed by atoms with E-state index in [4.69, 9.17) is 33.5 Å². The molecular weight excluding hydrogens is 1030 g/mol. The highest BCUT2D eigenvalue weighted by Crippen LogP contribution is 2.43. The molecule has 0 radical (unpaired) electrons. The number of benzene rings is 4. The van der Waals surface area contributed by atoms with Crippen LogP contribution in [-0.2, 0) is 44.6 Å². The molecule has 0 saturated carbocycles. The second-order valence-electron chi connectivity index (χ2n) is 19.1. The van der Waals surface area contributed by atoms with E-state index in [1.54, 1.807) is 48.5 Å². The van der Waals surface area contributed by atoms with Crippen molar-refractivity contribution in [2.24, 2.45) is 0 Å².